The lowest BCUT2D eigenvalue weighted by Gasteiger charge is -2.08. The molecule has 0 aliphatic heterocycles. The molecule has 0 amide bonds. The molecule has 4 aromatic heterocycles. The van der Waals surface area contributed by atoms with E-state index in [4.69, 9.17) is 4.98 Å². The van der Waals surface area contributed by atoms with Crippen LogP contribution in [0.4, 0.5) is 0 Å². The van der Waals surface area contributed by atoms with E-state index in [1.165, 1.54) is 31.2 Å². The van der Waals surface area contributed by atoms with E-state index in [2.05, 4.69) is 56.0 Å². The second-order valence-corrected chi connectivity index (χ2v) is 11.0. The normalized spacial score (nSPS) is 14.9. The van der Waals surface area contributed by atoms with Crippen LogP contribution in [0.5, 0.6) is 0 Å². The van der Waals surface area contributed by atoms with Crippen molar-refractivity contribution in [3.8, 4) is 11.3 Å². The molecule has 38 heavy (non-hydrogen) atoms. The highest BCUT2D eigenvalue weighted by Gasteiger charge is 2.25. The zero-order valence-corrected chi connectivity index (χ0v) is 22.6. The van der Waals surface area contributed by atoms with Crippen LogP contribution in [0.2, 0.25) is 0 Å². The lowest BCUT2D eigenvalue weighted by molar-refractivity contribution is 0.111. The summed E-state index contributed by atoms with van der Waals surface area (Å²) in [7, 11) is 0. The number of nitrogens with zero attached hydrogens (tertiary/aromatic N) is 6. The van der Waals surface area contributed by atoms with Crippen molar-refractivity contribution in [2.45, 2.75) is 45.4 Å². The molecule has 1 aromatic carbocycles. The van der Waals surface area contributed by atoms with Crippen LogP contribution in [0.25, 0.3) is 22.6 Å². The molecule has 2 aliphatic rings. The molecule has 7 rings (SSSR count). The van der Waals surface area contributed by atoms with Crippen molar-refractivity contribution in [1.29, 1.82) is 0 Å². The van der Waals surface area contributed by atoms with E-state index in [0.717, 1.165) is 75.8 Å². The maximum Gasteiger partial charge on any atom is 0.168 e. The predicted molar refractivity (Wildman–Crippen MR) is 147 cm³/mol. The van der Waals surface area contributed by atoms with E-state index >= 15 is 0 Å². The minimum Gasteiger partial charge on any atom is -0.296 e. The Labute approximate surface area is 228 Å². The fraction of sp³-hybridized carbons (Fsp3) is 0.310. The topological polar surface area (TPSA) is 94.5 Å². The summed E-state index contributed by atoms with van der Waals surface area (Å²) >= 11 is 3.37. The number of hydrogen-bond acceptors (Lipinski definition) is 6. The summed E-state index contributed by atoms with van der Waals surface area (Å²) < 4.78 is 4.41. The smallest absolute Gasteiger partial charge is 0.168 e. The molecule has 0 radical (unpaired) electrons. The summed E-state index contributed by atoms with van der Waals surface area (Å²) in [5, 5.41) is 0. The number of aromatic nitrogens is 6. The highest BCUT2D eigenvalue weighted by molar-refractivity contribution is 9.10. The number of halogens is 1. The maximum absolute atomic E-state index is 11.2. The van der Waals surface area contributed by atoms with Gasteiger partial charge in [0.15, 0.2) is 23.9 Å². The number of aldehydes is 2. The first-order chi connectivity index (χ1) is 18.5. The Bertz CT molecular complexity index is 1660. The Kier molecular flexibility index (Phi) is 6.61. The van der Waals surface area contributed by atoms with Gasteiger partial charge in [-0.2, -0.15) is 0 Å². The van der Waals surface area contributed by atoms with E-state index in [0.29, 0.717) is 11.4 Å². The van der Waals surface area contributed by atoms with Crippen LogP contribution in [0.3, 0.4) is 0 Å². The van der Waals surface area contributed by atoms with Gasteiger partial charge in [0, 0.05) is 18.0 Å². The first-order valence-corrected chi connectivity index (χ1v) is 13.7. The number of hydrogen-bond donors (Lipinski definition) is 0. The molecule has 9 heteroatoms. The number of carbonyl (C=O) groups is 2. The van der Waals surface area contributed by atoms with E-state index in [-0.39, 0.29) is 0 Å². The van der Waals surface area contributed by atoms with Gasteiger partial charge in [-0.05, 0) is 79.3 Å². The molecular weight excluding hydrogens is 544 g/mol. The van der Waals surface area contributed by atoms with Gasteiger partial charge in [-0.25, -0.2) is 19.9 Å². The quantitative estimate of drug-likeness (QED) is 0.232. The maximum atomic E-state index is 11.2. The molecule has 0 N–H and O–H groups in total. The fourth-order valence-corrected chi connectivity index (χ4v) is 5.11. The van der Waals surface area contributed by atoms with Gasteiger partial charge in [-0.3, -0.25) is 18.4 Å². The third-order valence-corrected chi connectivity index (χ3v) is 7.45. The number of rotatable bonds is 7. The number of aryl methyl sites for hydroxylation is 1. The average Bonchev–Trinajstić information content (AvgIpc) is 3.83. The Morgan fingerprint density at radius 2 is 1.45 bits per heavy atom. The van der Waals surface area contributed by atoms with E-state index in [9.17, 15) is 9.59 Å². The van der Waals surface area contributed by atoms with Crippen LogP contribution < -0.4 is 0 Å². The van der Waals surface area contributed by atoms with Crippen LogP contribution >= 0.6 is 15.9 Å². The second-order valence-electron chi connectivity index (χ2n) is 10.2. The molecule has 0 saturated heterocycles. The molecular formula is C29H27BrN6O2. The van der Waals surface area contributed by atoms with Crippen molar-refractivity contribution in [3.63, 3.8) is 0 Å². The largest absolute Gasteiger partial charge is 0.296 e. The van der Waals surface area contributed by atoms with Crippen LogP contribution in [-0.4, -0.2) is 41.3 Å². The Balaban J connectivity index is 0.000000146. The Morgan fingerprint density at radius 3 is 2.00 bits per heavy atom. The van der Waals surface area contributed by atoms with Crippen LogP contribution in [0.1, 0.15) is 63.6 Å². The number of fused-ring (bicyclic) bond motifs is 2. The van der Waals surface area contributed by atoms with Crippen molar-refractivity contribution in [1.82, 2.24) is 28.7 Å². The summed E-state index contributed by atoms with van der Waals surface area (Å²) in [4.78, 5) is 40.0. The Morgan fingerprint density at radius 1 is 0.868 bits per heavy atom. The fourth-order valence-electron chi connectivity index (χ4n) is 4.69. The highest BCUT2D eigenvalue weighted by atomic mass is 79.9. The third-order valence-electron chi connectivity index (χ3n) is 7.06. The van der Waals surface area contributed by atoms with E-state index in [1.807, 2.05) is 16.7 Å². The van der Waals surface area contributed by atoms with Crippen molar-refractivity contribution in [2.24, 2.45) is 11.8 Å². The molecule has 0 spiro atoms. The SMILES string of the molecule is Cc1cccc(-c2cn3c(C=O)cnc3c(CC3CC3)n2)c1.O=Cc1cnc2c(CC3CC3)nc(Br)cn12. The van der Waals surface area contributed by atoms with Crippen molar-refractivity contribution < 1.29 is 9.59 Å². The summed E-state index contributed by atoms with van der Waals surface area (Å²) in [5.41, 5.74) is 7.89. The second kappa shape index (κ2) is 10.2. The zero-order valence-electron chi connectivity index (χ0n) is 21.0. The van der Waals surface area contributed by atoms with Crippen LogP contribution in [0, 0.1) is 18.8 Å². The lowest BCUT2D eigenvalue weighted by Crippen LogP contribution is -2.02. The van der Waals surface area contributed by atoms with Gasteiger partial charge in [0.25, 0.3) is 0 Å². The van der Waals surface area contributed by atoms with Crippen molar-refractivity contribution in [3.05, 3.63) is 82.0 Å². The first-order valence-electron chi connectivity index (χ1n) is 12.9. The van der Waals surface area contributed by atoms with Gasteiger partial charge in [-0.15, -0.1) is 0 Å². The van der Waals surface area contributed by atoms with Gasteiger partial charge in [0.1, 0.15) is 16.0 Å². The molecule has 2 fully saturated rings. The minimum absolute atomic E-state index is 0.565. The highest BCUT2D eigenvalue weighted by Crippen LogP contribution is 2.34. The molecule has 2 saturated carbocycles. The number of benzene rings is 1. The molecule has 0 atom stereocenters. The summed E-state index contributed by atoms with van der Waals surface area (Å²) in [6.45, 7) is 2.07. The van der Waals surface area contributed by atoms with Crippen molar-refractivity contribution >= 4 is 39.8 Å². The molecule has 8 nitrogen and oxygen atoms in total. The van der Waals surface area contributed by atoms with E-state index < -0.39 is 0 Å². The van der Waals surface area contributed by atoms with Crippen molar-refractivity contribution in [2.75, 3.05) is 0 Å². The molecule has 2 aliphatic carbocycles. The monoisotopic (exact) mass is 570 g/mol. The predicted octanol–water partition coefficient (Wildman–Crippen LogP) is 5.73. The van der Waals surface area contributed by atoms with Gasteiger partial charge < -0.3 is 0 Å². The van der Waals surface area contributed by atoms with Crippen LogP contribution in [-0.2, 0) is 12.8 Å². The number of carbonyl (C=O) groups excluding carboxylic acids is 2. The van der Waals surface area contributed by atoms with Gasteiger partial charge >= 0.3 is 0 Å². The summed E-state index contributed by atoms with van der Waals surface area (Å²) in [6.07, 6.45) is 15.6. The molecule has 4 heterocycles. The molecule has 0 unspecified atom stereocenters. The van der Waals surface area contributed by atoms with Crippen LogP contribution in [0.15, 0.2) is 53.7 Å². The van der Waals surface area contributed by atoms with Gasteiger partial charge in [-0.1, -0.05) is 23.8 Å². The lowest BCUT2D eigenvalue weighted by atomic mass is 10.1. The van der Waals surface area contributed by atoms with E-state index in [1.54, 1.807) is 23.0 Å². The summed E-state index contributed by atoms with van der Waals surface area (Å²) in [5.74, 6) is 1.47. The minimum atomic E-state index is 0.565. The Hall–Kier alpha value is -3.72. The average molecular weight is 571 g/mol. The molecule has 0 bridgehead atoms. The standard InChI is InChI=1S/C18H17N3O.C11H10BrN3O/c1-12-3-2-4-14(7-12)17-10-21-15(11-22)9-19-18(21)16(20-17)8-13-5-6-13;12-10-5-15-8(6-16)4-13-11(15)9(14-10)3-7-1-2-7/h2-4,7,9-11,13H,5-6,8H2,1H3;4-7H,1-3H2. The zero-order chi connectivity index (χ0) is 26.2. The molecule has 192 valence electrons. The van der Waals surface area contributed by atoms with Gasteiger partial charge in [0.2, 0.25) is 0 Å². The number of imidazole rings is 2. The third kappa shape index (κ3) is 5.15. The molecule has 5 aromatic rings. The summed E-state index contributed by atoms with van der Waals surface area (Å²) in [6, 6.07) is 8.28. The van der Waals surface area contributed by atoms with Gasteiger partial charge in [0.05, 0.1) is 29.5 Å². The first kappa shape index (κ1) is 24.6.